The van der Waals surface area contributed by atoms with E-state index >= 15 is 0 Å². The van der Waals surface area contributed by atoms with Crippen molar-refractivity contribution in [2.24, 2.45) is 23.7 Å². The Kier molecular flexibility index (Phi) is 10.1. The van der Waals surface area contributed by atoms with E-state index in [0.29, 0.717) is 30.7 Å². The van der Waals surface area contributed by atoms with Gasteiger partial charge in [0, 0.05) is 42.2 Å². The van der Waals surface area contributed by atoms with E-state index in [0.717, 1.165) is 50.6 Å². The van der Waals surface area contributed by atoms with Crippen molar-refractivity contribution in [1.82, 2.24) is 20.2 Å². The Hall–Kier alpha value is -2.99. The van der Waals surface area contributed by atoms with Crippen LogP contribution in [0.3, 0.4) is 0 Å². The van der Waals surface area contributed by atoms with Crippen LogP contribution in [0.25, 0.3) is 0 Å². The molecule has 2 bridgehead atoms. The molecule has 3 fully saturated rings. The van der Waals surface area contributed by atoms with E-state index in [-0.39, 0.29) is 66.1 Å². The molecule has 8 atom stereocenters. The zero-order valence-electron chi connectivity index (χ0n) is 28.3. The van der Waals surface area contributed by atoms with Gasteiger partial charge in [0.25, 0.3) is 5.91 Å². The number of ether oxygens (including phenoxy) is 1. The number of aliphatic hydroxyl groups is 1. The third kappa shape index (κ3) is 6.26. The largest absolute Gasteiger partial charge is 0.483 e. The number of nitrogens with one attached hydrogen (secondary N) is 2. The lowest BCUT2D eigenvalue weighted by molar-refractivity contribution is -0.142. The molecule has 1 saturated carbocycles. The fourth-order valence-corrected chi connectivity index (χ4v) is 11.3. The van der Waals surface area contributed by atoms with Gasteiger partial charge in [-0.05, 0) is 109 Å². The highest BCUT2D eigenvalue weighted by molar-refractivity contribution is 8.00. The molecule has 2 aliphatic heterocycles. The number of thioether (sulfide) groups is 1. The number of piperidine rings is 1. The Balaban J connectivity index is 0.914. The highest BCUT2D eigenvalue weighted by atomic mass is 32.2. The first-order valence-electron chi connectivity index (χ1n) is 17.8. The maximum Gasteiger partial charge on any atom is 0.326 e. The van der Waals surface area contributed by atoms with Gasteiger partial charge in [-0.1, -0.05) is 18.2 Å². The minimum absolute atomic E-state index is 0.000317. The van der Waals surface area contributed by atoms with Crippen LogP contribution in [0, 0.1) is 23.7 Å². The number of amides is 4. The Morgan fingerprint density at radius 2 is 1.90 bits per heavy atom. The van der Waals surface area contributed by atoms with Gasteiger partial charge in [0.2, 0.25) is 17.7 Å². The van der Waals surface area contributed by atoms with Gasteiger partial charge < -0.3 is 30.3 Å². The molecular weight excluding hydrogens is 679 g/mol. The SMILES string of the molecule is CN1CCC23c4c5ccc(OCC(=O)NC(CCSC6CC(=O)N(CC7CCC(C(=O)NP)CC7)C6=O)C(=O)O)c4CC2C(O)C=CC3C1C5. The normalized spacial score (nSPS) is 33.2. The molecule has 270 valence electrons. The fourth-order valence-electron chi connectivity index (χ4n) is 9.91. The summed E-state index contributed by atoms with van der Waals surface area (Å²) in [4.78, 5) is 66.6. The summed E-state index contributed by atoms with van der Waals surface area (Å²) in [7, 11) is 4.41. The summed E-state index contributed by atoms with van der Waals surface area (Å²) in [6.45, 7) is 0.969. The Bertz CT molecular complexity index is 1600. The summed E-state index contributed by atoms with van der Waals surface area (Å²) < 4.78 is 6.08. The maximum absolute atomic E-state index is 13.1. The smallest absolute Gasteiger partial charge is 0.326 e. The lowest BCUT2D eigenvalue weighted by Gasteiger charge is -2.58. The van der Waals surface area contributed by atoms with E-state index in [2.05, 4.69) is 43.9 Å². The van der Waals surface area contributed by atoms with Crippen LogP contribution in [0.15, 0.2) is 24.3 Å². The van der Waals surface area contributed by atoms with Crippen LogP contribution in [-0.4, -0.2) is 106 Å². The van der Waals surface area contributed by atoms with Crippen LogP contribution in [0.5, 0.6) is 5.75 Å². The van der Waals surface area contributed by atoms with E-state index in [1.165, 1.54) is 27.8 Å². The van der Waals surface area contributed by atoms with Crippen molar-refractivity contribution in [3.8, 4) is 5.75 Å². The van der Waals surface area contributed by atoms with Crippen molar-refractivity contribution < 1.29 is 38.9 Å². The molecule has 2 heterocycles. The van der Waals surface area contributed by atoms with Crippen molar-refractivity contribution in [2.45, 2.75) is 86.6 Å². The summed E-state index contributed by atoms with van der Waals surface area (Å²) >= 11 is 1.25. The third-order valence-corrected chi connectivity index (χ3v) is 14.0. The van der Waals surface area contributed by atoms with Crippen molar-refractivity contribution in [2.75, 3.05) is 32.5 Å². The van der Waals surface area contributed by atoms with Gasteiger partial charge in [-0.25, -0.2) is 4.79 Å². The van der Waals surface area contributed by atoms with E-state index in [4.69, 9.17) is 4.74 Å². The van der Waals surface area contributed by atoms with Gasteiger partial charge in [-0.2, -0.15) is 0 Å². The van der Waals surface area contributed by atoms with Gasteiger partial charge in [0.05, 0.1) is 11.4 Å². The number of carbonyl (C=O) groups excluding carboxylic acids is 4. The van der Waals surface area contributed by atoms with Gasteiger partial charge in [-0.15, -0.1) is 11.8 Å². The van der Waals surface area contributed by atoms with Gasteiger partial charge in [-0.3, -0.25) is 24.1 Å². The van der Waals surface area contributed by atoms with Crippen LogP contribution >= 0.6 is 21.2 Å². The molecule has 4 amide bonds. The number of hydrogen-bond acceptors (Lipinski definition) is 9. The maximum atomic E-state index is 13.1. The standard InChI is InChI=1S/C36H47N4O8PS/c1-39-12-11-36-23-7-8-27(41)24(36)15-22-28(9-6-21(32(22)36)14-26(23)39)48-18-30(42)37-25(35(46)47)10-13-50-29-16-31(43)40(34(29)45)17-19-2-4-20(5-3-19)33(44)38-49/h6-9,19-20,23-27,29,41H,2-5,10-18,49H2,1H3,(H,37,42)(H,38,44)(H,46,47). The summed E-state index contributed by atoms with van der Waals surface area (Å²) in [6, 6.07) is 3.22. The summed E-state index contributed by atoms with van der Waals surface area (Å²) in [5.74, 6) is -0.829. The molecule has 1 spiro atoms. The molecule has 7 rings (SSSR count). The van der Waals surface area contributed by atoms with E-state index in [1.807, 2.05) is 12.1 Å². The quantitative estimate of drug-likeness (QED) is 0.142. The molecule has 1 aromatic carbocycles. The van der Waals surface area contributed by atoms with Crippen LogP contribution in [0.1, 0.15) is 61.6 Å². The van der Waals surface area contributed by atoms with Crippen LogP contribution in [0.4, 0.5) is 0 Å². The van der Waals surface area contributed by atoms with Crippen molar-refractivity contribution in [3.63, 3.8) is 0 Å². The lowest BCUT2D eigenvalue weighted by Crippen LogP contribution is -2.62. The number of nitrogens with zero attached hydrogens (tertiary/aromatic N) is 2. The third-order valence-electron chi connectivity index (χ3n) is 12.4. The van der Waals surface area contributed by atoms with Crippen molar-refractivity contribution in [1.29, 1.82) is 0 Å². The number of likely N-dealkylation sites (tertiary alicyclic amines) is 2. The second-order valence-electron chi connectivity index (χ2n) is 15.0. The number of hydrogen-bond donors (Lipinski definition) is 4. The lowest BCUT2D eigenvalue weighted by atomic mass is 9.52. The van der Waals surface area contributed by atoms with E-state index < -0.39 is 29.3 Å². The first-order valence-corrected chi connectivity index (χ1v) is 19.5. The van der Waals surface area contributed by atoms with Gasteiger partial charge in [0.1, 0.15) is 11.8 Å². The number of aliphatic hydroxyl groups excluding tert-OH is 1. The first-order chi connectivity index (χ1) is 24.0. The van der Waals surface area contributed by atoms with Crippen LogP contribution in [0.2, 0.25) is 0 Å². The molecule has 6 aliphatic rings. The van der Waals surface area contributed by atoms with Crippen LogP contribution in [-0.2, 0) is 42.2 Å². The Labute approximate surface area is 298 Å². The number of rotatable bonds is 12. The number of carboxylic acids is 1. The zero-order valence-corrected chi connectivity index (χ0v) is 30.3. The van der Waals surface area contributed by atoms with E-state index in [1.54, 1.807) is 0 Å². The second-order valence-corrected chi connectivity index (χ2v) is 16.6. The van der Waals surface area contributed by atoms with Crippen LogP contribution < -0.4 is 15.1 Å². The fraction of sp³-hybridized carbons (Fsp3) is 0.639. The summed E-state index contributed by atoms with van der Waals surface area (Å²) in [5, 5.41) is 25.6. The predicted molar refractivity (Wildman–Crippen MR) is 189 cm³/mol. The molecule has 14 heteroatoms. The number of benzene rings is 1. The number of carbonyl (C=O) groups is 5. The van der Waals surface area contributed by atoms with E-state index in [9.17, 15) is 34.2 Å². The number of carboxylic acid groups (broad SMARTS) is 1. The minimum Gasteiger partial charge on any atom is -0.483 e. The molecule has 0 aromatic heterocycles. The molecule has 1 aromatic rings. The topological polar surface area (TPSA) is 166 Å². The Morgan fingerprint density at radius 1 is 1.12 bits per heavy atom. The Morgan fingerprint density at radius 3 is 2.64 bits per heavy atom. The molecule has 4 N–H and O–H groups in total. The molecule has 2 saturated heterocycles. The minimum atomic E-state index is -1.18. The predicted octanol–water partition coefficient (Wildman–Crippen LogP) is 1.82. The molecule has 12 nitrogen and oxygen atoms in total. The first kappa shape index (κ1) is 35.4. The highest BCUT2D eigenvalue weighted by Crippen LogP contribution is 2.62. The second kappa shape index (κ2) is 14.2. The molecule has 8 unspecified atom stereocenters. The number of aliphatic carboxylic acids is 1. The highest BCUT2D eigenvalue weighted by Gasteiger charge is 2.62. The molecule has 4 aliphatic carbocycles. The van der Waals surface area contributed by atoms with Crippen molar-refractivity contribution >= 4 is 50.8 Å². The summed E-state index contributed by atoms with van der Waals surface area (Å²) in [6.07, 6.45) is 9.33. The number of likely N-dealkylation sites (N-methyl/N-ethyl adjacent to an activating group) is 1. The number of imide groups is 1. The van der Waals surface area contributed by atoms with Crippen molar-refractivity contribution in [3.05, 3.63) is 41.0 Å². The molecular formula is C36H47N4O8PS. The monoisotopic (exact) mass is 726 g/mol. The molecule has 0 radical (unpaired) electrons. The van der Waals surface area contributed by atoms with Gasteiger partial charge in [0.15, 0.2) is 6.61 Å². The summed E-state index contributed by atoms with van der Waals surface area (Å²) in [5.41, 5.74) is 3.48. The average molecular weight is 727 g/mol. The molecule has 50 heavy (non-hydrogen) atoms. The van der Waals surface area contributed by atoms with Gasteiger partial charge >= 0.3 is 5.97 Å². The zero-order chi connectivity index (χ0) is 35.3. The average Bonchev–Trinajstić information content (AvgIpc) is 3.59.